The van der Waals surface area contributed by atoms with E-state index in [9.17, 15) is 0 Å². The molecule has 0 bridgehead atoms. The van der Waals surface area contributed by atoms with Gasteiger partial charge in [0.1, 0.15) is 0 Å². The molecule has 2 heterocycles. The summed E-state index contributed by atoms with van der Waals surface area (Å²) < 4.78 is 7.85. The van der Waals surface area contributed by atoms with E-state index in [0.717, 1.165) is 23.6 Å². The summed E-state index contributed by atoms with van der Waals surface area (Å²) in [6.07, 6.45) is 6.08. The first kappa shape index (κ1) is 17.2. The summed E-state index contributed by atoms with van der Waals surface area (Å²) in [6, 6.07) is 8.47. The lowest BCUT2D eigenvalue weighted by molar-refractivity contribution is 0.307. The molecule has 0 amide bonds. The molecule has 3 aromatic rings. The highest BCUT2D eigenvalue weighted by atomic mass is 32.2. The van der Waals surface area contributed by atoms with Gasteiger partial charge in [-0.1, -0.05) is 48.7 Å². The lowest BCUT2D eigenvalue weighted by Gasteiger charge is -2.22. The van der Waals surface area contributed by atoms with Crippen LogP contribution in [0.15, 0.2) is 33.8 Å². The SMILES string of the molecule is Cc1ccc(-c2nnc(C(C)Sc3nnnn3C3CCCCC3)o2)cc1. The maximum absolute atomic E-state index is 5.88. The second-order valence-corrected chi connectivity index (χ2v) is 8.08. The Morgan fingerprint density at radius 1 is 1.08 bits per heavy atom. The average molecular weight is 370 g/mol. The predicted octanol–water partition coefficient (Wildman–Crippen LogP) is 4.39. The van der Waals surface area contributed by atoms with Crippen molar-refractivity contribution in [3.05, 3.63) is 35.7 Å². The van der Waals surface area contributed by atoms with Gasteiger partial charge in [-0.3, -0.25) is 0 Å². The summed E-state index contributed by atoms with van der Waals surface area (Å²) >= 11 is 1.57. The van der Waals surface area contributed by atoms with Crippen molar-refractivity contribution in [2.45, 2.75) is 62.4 Å². The number of aromatic nitrogens is 6. The molecule has 1 aromatic carbocycles. The van der Waals surface area contributed by atoms with Gasteiger partial charge in [0.25, 0.3) is 0 Å². The molecule has 2 aromatic heterocycles. The van der Waals surface area contributed by atoms with Crippen LogP contribution < -0.4 is 0 Å². The minimum Gasteiger partial charge on any atom is -0.419 e. The fraction of sp³-hybridized carbons (Fsp3) is 0.500. The van der Waals surface area contributed by atoms with Gasteiger partial charge in [-0.25, -0.2) is 4.68 Å². The molecule has 4 rings (SSSR count). The van der Waals surface area contributed by atoms with Gasteiger partial charge in [0.05, 0.1) is 11.3 Å². The molecule has 1 saturated carbocycles. The van der Waals surface area contributed by atoms with Crippen molar-refractivity contribution >= 4 is 11.8 Å². The zero-order valence-electron chi connectivity index (χ0n) is 15.0. The standard InChI is InChI=1S/C18H22N6OS/c1-12-8-10-14(11-9-12)17-20-19-16(25-17)13(2)26-18-21-22-23-24(18)15-6-4-3-5-7-15/h8-11,13,15H,3-7H2,1-2H3. The molecule has 1 aliphatic carbocycles. The minimum absolute atomic E-state index is 0.0185. The van der Waals surface area contributed by atoms with E-state index in [1.807, 2.05) is 35.9 Å². The van der Waals surface area contributed by atoms with Crippen molar-refractivity contribution < 1.29 is 4.42 Å². The number of aryl methyl sites for hydroxylation is 1. The number of thioether (sulfide) groups is 1. The van der Waals surface area contributed by atoms with Gasteiger partial charge in [0.2, 0.25) is 16.9 Å². The van der Waals surface area contributed by atoms with Crippen LogP contribution in [0.25, 0.3) is 11.5 Å². The van der Waals surface area contributed by atoms with Crippen LogP contribution in [-0.2, 0) is 0 Å². The average Bonchev–Trinajstić information content (AvgIpc) is 3.33. The van der Waals surface area contributed by atoms with E-state index in [2.05, 4.69) is 32.6 Å². The number of nitrogens with zero attached hydrogens (tertiary/aromatic N) is 6. The van der Waals surface area contributed by atoms with Gasteiger partial charge < -0.3 is 4.42 Å². The van der Waals surface area contributed by atoms with Gasteiger partial charge >= 0.3 is 0 Å². The van der Waals surface area contributed by atoms with Crippen molar-refractivity contribution in [1.82, 2.24) is 30.4 Å². The molecule has 1 unspecified atom stereocenters. The molecule has 8 heteroatoms. The van der Waals surface area contributed by atoms with Gasteiger partial charge in [0.15, 0.2) is 0 Å². The van der Waals surface area contributed by atoms with E-state index in [-0.39, 0.29) is 5.25 Å². The van der Waals surface area contributed by atoms with Crippen LogP contribution >= 0.6 is 11.8 Å². The molecule has 1 aliphatic rings. The van der Waals surface area contributed by atoms with Crippen LogP contribution in [-0.4, -0.2) is 30.4 Å². The van der Waals surface area contributed by atoms with Crippen molar-refractivity contribution in [2.75, 3.05) is 0 Å². The van der Waals surface area contributed by atoms with Gasteiger partial charge in [0, 0.05) is 5.56 Å². The van der Waals surface area contributed by atoms with E-state index in [1.54, 1.807) is 11.8 Å². The molecular formula is C18H22N6OS. The molecule has 0 aliphatic heterocycles. The largest absolute Gasteiger partial charge is 0.419 e. The summed E-state index contributed by atoms with van der Waals surface area (Å²) in [5.41, 5.74) is 2.13. The Morgan fingerprint density at radius 2 is 1.85 bits per heavy atom. The third-order valence-electron chi connectivity index (χ3n) is 4.75. The van der Waals surface area contributed by atoms with Crippen molar-refractivity contribution in [3.8, 4) is 11.5 Å². The fourth-order valence-electron chi connectivity index (χ4n) is 3.24. The van der Waals surface area contributed by atoms with Crippen LogP contribution in [0.4, 0.5) is 0 Å². The first-order chi connectivity index (χ1) is 12.7. The molecule has 7 nitrogen and oxygen atoms in total. The highest BCUT2D eigenvalue weighted by Crippen LogP contribution is 2.36. The molecule has 0 saturated heterocycles. The molecule has 0 N–H and O–H groups in total. The van der Waals surface area contributed by atoms with Gasteiger partial charge in [-0.15, -0.1) is 15.3 Å². The second kappa shape index (κ2) is 7.57. The Morgan fingerprint density at radius 3 is 2.62 bits per heavy atom. The van der Waals surface area contributed by atoms with Crippen molar-refractivity contribution in [3.63, 3.8) is 0 Å². The third-order valence-corrected chi connectivity index (χ3v) is 5.79. The molecule has 26 heavy (non-hydrogen) atoms. The summed E-state index contributed by atoms with van der Waals surface area (Å²) in [7, 11) is 0. The number of hydrogen-bond donors (Lipinski definition) is 0. The summed E-state index contributed by atoms with van der Waals surface area (Å²) in [5, 5.41) is 21.5. The monoisotopic (exact) mass is 370 g/mol. The van der Waals surface area contributed by atoms with Gasteiger partial charge in [-0.2, -0.15) is 0 Å². The maximum Gasteiger partial charge on any atom is 0.247 e. The number of rotatable bonds is 5. The third kappa shape index (κ3) is 3.65. The van der Waals surface area contributed by atoms with Crippen LogP contribution in [0.5, 0.6) is 0 Å². The van der Waals surface area contributed by atoms with Gasteiger partial charge in [-0.05, 0) is 49.2 Å². The Bertz CT molecular complexity index is 853. The molecule has 0 radical (unpaired) electrons. The van der Waals surface area contributed by atoms with E-state index >= 15 is 0 Å². The van der Waals surface area contributed by atoms with E-state index in [4.69, 9.17) is 4.42 Å². The lowest BCUT2D eigenvalue weighted by atomic mass is 9.96. The molecular weight excluding hydrogens is 348 g/mol. The quantitative estimate of drug-likeness (QED) is 0.616. The molecule has 1 fully saturated rings. The van der Waals surface area contributed by atoms with E-state index < -0.39 is 0 Å². The van der Waals surface area contributed by atoms with Crippen LogP contribution in [0.2, 0.25) is 0 Å². The summed E-state index contributed by atoms with van der Waals surface area (Å²) in [4.78, 5) is 0. The highest BCUT2D eigenvalue weighted by molar-refractivity contribution is 7.99. The topological polar surface area (TPSA) is 82.5 Å². The maximum atomic E-state index is 5.88. The second-order valence-electron chi connectivity index (χ2n) is 6.77. The molecule has 1 atom stereocenters. The predicted molar refractivity (Wildman–Crippen MR) is 98.7 cm³/mol. The highest BCUT2D eigenvalue weighted by Gasteiger charge is 2.24. The van der Waals surface area contributed by atoms with Crippen molar-refractivity contribution in [1.29, 1.82) is 0 Å². The zero-order chi connectivity index (χ0) is 17.9. The lowest BCUT2D eigenvalue weighted by Crippen LogP contribution is -2.15. The molecule has 0 spiro atoms. The number of benzene rings is 1. The number of hydrogen-bond acceptors (Lipinski definition) is 7. The van der Waals surface area contributed by atoms with Crippen molar-refractivity contribution in [2.24, 2.45) is 0 Å². The van der Waals surface area contributed by atoms with Crippen LogP contribution in [0.3, 0.4) is 0 Å². The van der Waals surface area contributed by atoms with Crippen LogP contribution in [0.1, 0.15) is 61.8 Å². The first-order valence-electron chi connectivity index (χ1n) is 9.05. The zero-order valence-corrected chi connectivity index (χ0v) is 15.8. The van der Waals surface area contributed by atoms with E-state index in [1.165, 1.54) is 24.8 Å². The Balaban J connectivity index is 1.48. The van der Waals surface area contributed by atoms with E-state index in [0.29, 0.717) is 17.8 Å². The van der Waals surface area contributed by atoms with Crippen LogP contribution in [0, 0.1) is 6.92 Å². The Kier molecular flexibility index (Phi) is 5.01. The smallest absolute Gasteiger partial charge is 0.247 e. The first-order valence-corrected chi connectivity index (χ1v) is 9.93. The summed E-state index contributed by atoms with van der Waals surface area (Å²) in [6.45, 7) is 4.09. The summed E-state index contributed by atoms with van der Waals surface area (Å²) in [5.74, 6) is 1.13. The molecule has 136 valence electrons. The minimum atomic E-state index is -0.0185. The number of tetrazole rings is 1. The fourth-order valence-corrected chi connectivity index (χ4v) is 4.13. The Labute approximate surface area is 156 Å². The Hall–Kier alpha value is -2.22. The normalized spacial score (nSPS) is 16.7.